The number of rotatable bonds is 8. The number of imidazole rings is 1. The number of β-amino-alcohol motifs (C(OH)–C–C–N with tert-alkyl or cyclic N) is 1. The van der Waals surface area contributed by atoms with Crippen molar-refractivity contribution in [3.63, 3.8) is 0 Å². The second-order valence-electron chi connectivity index (χ2n) is 9.17. The summed E-state index contributed by atoms with van der Waals surface area (Å²) in [4.78, 5) is 14.0. The van der Waals surface area contributed by atoms with Gasteiger partial charge in [0.2, 0.25) is 0 Å². The minimum absolute atomic E-state index is 0.131. The highest BCUT2D eigenvalue weighted by atomic mass is 16.3. The van der Waals surface area contributed by atoms with Crippen LogP contribution >= 0.6 is 0 Å². The summed E-state index contributed by atoms with van der Waals surface area (Å²) in [6.07, 6.45) is 2.40. The molecule has 6 heteroatoms. The Labute approximate surface area is 184 Å². The van der Waals surface area contributed by atoms with E-state index in [9.17, 15) is 5.11 Å². The quantitative estimate of drug-likeness (QED) is 0.484. The van der Waals surface area contributed by atoms with Gasteiger partial charge in [-0.25, -0.2) is 9.83 Å². The average molecular weight is 418 g/mol. The molecule has 1 aliphatic rings. The van der Waals surface area contributed by atoms with Gasteiger partial charge < -0.3 is 15.4 Å². The number of benzene rings is 2. The van der Waals surface area contributed by atoms with E-state index < -0.39 is 6.10 Å². The van der Waals surface area contributed by atoms with E-state index in [0.717, 1.165) is 54.8 Å². The number of hydrogen-bond donors (Lipinski definition) is 3. The van der Waals surface area contributed by atoms with Crippen molar-refractivity contribution in [1.29, 1.82) is 0 Å². The van der Waals surface area contributed by atoms with E-state index in [0.29, 0.717) is 12.2 Å². The maximum Gasteiger partial charge on any atom is 0.187 e. The highest BCUT2D eigenvalue weighted by Crippen LogP contribution is 2.25. The Kier molecular flexibility index (Phi) is 6.38. The van der Waals surface area contributed by atoms with Gasteiger partial charge in [0.1, 0.15) is 5.82 Å². The Bertz CT molecular complexity index is 1030. The van der Waals surface area contributed by atoms with Crippen LogP contribution in [0.3, 0.4) is 0 Å². The smallest absolute Gasteiger partial charge is 0.187 e. The second-order valence-corrected chi connectivity index (χ2v) is 9.17. The number of nitrogens with one attached hydrogen (secondary N) is 2. The lowest BCUT2D eigenvalue weighted by Crippen LogP contribution is -2.50. The summed E-state index contributed by atoms with van der Waals surface area (Å²) in [5.74, 6) is 0.954. The number of hydrogen-bond acceptors (Lipinski definition) is 4. The van der Waals surface area contributed by atoms with E-state index in [1.807, 2.05) is 42.5 Å². The minimum Gasteiger partial charge on any atom is -0.390 e. The molecule has 2 heterocycles. The second kappa shape index (κ2) is 9.19. The molecule has 0 spiro atoms. The maximum absolute atomic E-state index is 11.0. The number of H-pyrrole nitrogens is 1. The van der Waals surface area contributed by atoms with Crippen LogP contribution in [-0.4, -0.2) is 50.7 Å². The van der Waals surface area contributed by atoms with Crippen molar-refractivity contribution in [2.45, 2.75) is 57.3 Å². The largest absolute Gasteiger partial charge is 0.390 e. The van der Waals surface area contributed by atoms with Crippen LogP contribution in [0.2, 0.25) is 0 Å². The molecule has 0 saturated carbocycles. The summed E-state index contributed by atoms with van der Waals surface area (Å²) >= 11 is 0. The molecule has 6 nitrogen and oxygen atoms in total. The fourth-order valence-electron chi connectivity index (χ4n) is 4.53. The van der Waals surface area contributed by atoms with Crippen LogP contribution in [0, 0.1) is 6.57 Å². The molecule has 2 aromatic carbocycles. The zero-order valence-corrected chi connectivity index (χ0v) is 18.3. The van der Waals surface area contributed by atoms with Gasteiger partial charge in [-0.15, -0.1) is 0 Å². The standard InChI is InChI=1S/C25H31N5O/c1-25(2,15-24-28-20-10-4-5-11-21(20)29-24)27-16-23(31)22-12-7-13-30(22)17-18-8-6-9-19(14-18)26-3/h4-6,8-11,14,22-23,27,31H,7,12-13,15-17H2,1-2H3,(H,28,29). The Morgan fingerprint density at radius 1 is 1.29 bits per heavy atom. The van der Waals surface area contributed by atoms with Crippen LogP contribution in [0.5, 0.6) is 0 Å². The topological polar surface area (TPSA) is 68.5 Å². The van der Waals surface area contributed by atoms with Crippen LogP contribution in [-0.2, 0) is 13.0 Å². The fraction of sp³-hybridized carbons (Fsp3) is 0.440. The number of likely N-dealkylation sites (tertiary alicyclic amines) is 1. The number of nitrogens with zero attached hydrogens (tertiary/aromatic N) is 3. The molecule has 2 unspecified atom stereocenters. The van der Waals surface area contributed by atoms with E-state index in [2.05, 4.69) is 44.9 Å². The highest BCUT2D eigenvalue weighted by Gasteiger charge is 2.32. The summed E-state index contributed by atoms with van der Waals surface area (Å²) in [5, 5.41) is 14.5. The van der Waals surface area contributed by atoms with Gasteiger partial charge in [0, 0.05) is 31.1 Å². The molecular formula is C25H31N5O. The summed E-state index contributed by atoms with van der Waals surface area (Å²) in [7, 11) is 0. The Morgan fingerprint density at radius 3 is 2.94 bits per heavy atom. The molecular weight excluding hydrogens is 386 g/mol. The lowest BCUT2D eigenvalue weighted by molar-refractivity contribution is 0.0632. The third-order valence-corrected chi connectivity index (χ3v) is 6.12. The predicted octanol–water partition coefficient (Wildman–Crippen LogP) is 4.05. The first-order valence-corrected chi connectivity index (χ1v) is 11.0. The highest BCUT2D eigenvalue weighted by molar-refractivity contribution is 5.74. The van der Waals surface area contributed by atoms with Gasteiger partial charge in [-0.3, -0.25) is 4.90 Å². The number of aliphatic hydroxyl groups is 1. The van der Waals surface area contributed by atoms with Gasteiger partial charge in [-0.2, -0.15) is 0 Å². The lowest BCUT2D eigenvalue weighted by atomic mass is 9.99. The van der Waals surface area contributed by atoms with E-state index in [-0.39, 0.29) is 11.6 Å². The molecule has 1 saturated heterocycles. The molecule has 4 rings (SSSR count). The number of aliphatic hydroxyl groups excluding tert-OH is 1. The first kappa shape index (κ1) is 21.5. The molecule has 3 N–H and O–H groups in total. The number of aromatic amines is 1. The van der Waals surface area contributed by atoms with E-state index in [1.54, 1.807) is 0 Å². The van der Waals surface area contributed by atoms with Gasteiger partial charge >= 0.3 is 0 Å². The zero-order chi connectivity index (χ0) is 21.8. The van der Waals surface area contributed by atoms with Gasteiger partial charge in [-0.1, -0.05) is 36.4 Å². The molecule has 1 aromatic heterocycles. The normalized spacial score (nSPS) is 18.3. The number of fused-ring (bicyclic) bond motifs is 1. The molecule has 1 fully saturated rings. The first-order valence-electron chi connectivity index (χ1n) is 11.0. The Balaban J connectivity index is 1.34. The van der Waals surface area contributed by atoms with Crippen molar-refractivity contribution in [3.05, 3.63) is 71.3 Å². The van der Waals surface area contributed by atoms with E-state index >= 15 is 0 Å². The number of aromatic nitrogens is 2. The van der Waals surface area contributed by atoms with Crippen LogP contribution < -0.4 is 5.32 Å². The van der Waals surface area contributed by atoms with Crippen molar-refractivity contribution >= 4 is 16.7 Å². The lowest BCUT2D eigenvalue weighted by Gasteiger charge is -2.32. The molecule has 1 aliphatic heterocycles. The Hall–Kier alpha value is -2.72. The van der Waals surface area contributed by atoms with Crippen LogP contribution in [0.1, 0.15) is 38.1 Å². The molecule has 0 bridgehead atoms. The van der Waals surface area contributed by atoms with E-state index in [4.69, 9.17) is 6.57 Å². The summed E-state index contributed by atoms with van der Waals surface area (Å²) in [6.45, 7) is 13.8. The van der Waals surface area contributed by atoms with Crippen molar-refractivity contribution < 1.29 is 5.11 Å². The van der Waals surface area contributed by atoms with Crippen molar-refractivity contribution in [2.75, 3.05) is 13.1 Å². The summed E-state index contributed by atoms with van der Waals surface area (Å²) in [6, 6.07) is 16.0. The van der Waals surface area contributed by atoms with Gasteiger partial charge in [-0.05, 0) is 50.9 Å². The van der Waals surface area contributed by atoms with Gasteiger partial charge in [0.15, 0.2) is 5.69 Å². The summed E-state index contributed by atoms with van der Waals surface area (Å²) in [5.41, 5.74) is 3.64. The first-order chi connectivity index (χ1) is 14.9. The minimum atomic E-state index is -0.443. The van der Waals surface area contributed by atoms with Crippen molar-refractivity contribution in [3.8, 4) is 0 Å². The van der Waals surface area contributed by atoms with Crippen LogP contribution in [0.4, 0.5) is 5.69 Å². The molecule has 2 atom stereocenters. The molecule has 31 heavy (non-hydrogen) atoms. The average Bonchev–Trinajstić information content (AvgIpc) is 3.38. The van der Waals surface area contributed by atoms with Crippen molar-refractivity contribution in [2.24, 2.45) is 0 Å². The van der Waals surface area contributed by atoms with Gasteiger partial charge in [0.05, 0.1) is 23.7 Å². The number of para-hydroxylation sites is 2. The van der Waals surface area contributed by atoms with Crippen molar-refractivity contribution in [1.82, 2.24) is 20.2 Å². The van der Waals surface area contributed by atoms with Gasteiger partial charge in [0.25, 0.3) is 0 Å². The SMILES string of the molecule is [C-]#[N+]c1cccc(CN2CCCC2C(O)CNC(C)(C)Cc2nc3ccccc3[nH]2)c1. The molecule has 162 valence electrons. The maximum atomic E-state index is 11.0. The third-order valence-electron chi connectivity index (χ3n) is 6.12. The van der Waals surface area contributed by atoms with Crippen LogP contribution in [0.15, 0.2) is 48.5 Å². The molecule has 0 radical (unpaired) electrons. The molecule has 0 amide bonds. The predicted molar refractivity (Wildman–Crippen MR) is 124 cm³/mol. The van der Waals surface area contributed by atoms with E-state index in [1.165, 1.54) is 0 Å². The fourth-order valence-corrected chi connectivity index (χ4v) is 4.53. The zero-order valence-electron chi connectivity index (χ0n) is 18.3. The molecule has 0 aliphatic carbocycles. The third kappa shape index (κ3) is 5.31. The Morgan fingerprint density at radius 2 is 2.13 bits per heavy atom. The molecule has 3 aromatic rings. The summed E-state index contributed by atoms with van der Waals surface area (Å²) < 4.78 is 0. The monoisotopic (exact) mass is 417 g/mol. The van der Waals surface area contributed by atoms with Crippen LogP contribution in [0.25, 0.3) is 15.9 Å².